The summed E-state index contributed by atoms with van der Waals surface area (Å²) in [5, 5.41) is 0. The molecule has 5 nitrogen and oxygen atoms in total. The van der Waals surface area contributed by atoms with Crippen LogP contribution in [-0.4, -0.2) is 24.1 Å². The minimum atomic E-state index is -0.513. The molecule has 0 bridgehead atoms. The van der Waals surface area contributed by atoms with Crippen LogP contribution in [0.1, 0.15) is 47.0 Å². The molecule has 24 heavy (non-hydrogen) atoms. The molecule has 0 saturated heterocycles. The van der Waals surface area contributed by atoms with Gasteiger partial charge in [-0.05, 0) is 39.3 Å². The highest BCUT2D eigenvalue weighted by atomic mass is 16.6. The van der Waals surface area contributed by atoms with E-state index in [1.165, 1.54) is 0 Å². The summed E-state index contributed by atoms with van der Waals surface area (Å²) in [4.78, 5) is 23.7. The lowest BCUT2D eigenvalue weighted by Crippen LogP contribution is -2.18. The van der Waals surface area contributed by atoms with Crippen molar-refractivity contribution in [2.45, 2.75) is 59.2 Å². The van der Waals surface area contributed by atoms with Crippen molar-refractivity contribution in [2.75, 3.05) is 0 Å². The van der Waals surface area contributed by atoms with Gasteiger partial charge < -0.3 is 14.2 Å². The predicted octanol–water partition coefficient (Wildman–Crippen LogP) is 3.50. The van der Waals surface area contributed by atoms with Gasteiger partial charge in [-0.3, -0.25) is 9.59 Å². The van der Waals surface area contributed by atoms with Gasteiger partial charge in [0.25, 0.3) is 0 Å². The molecule has 1 aromatic rings. The summed E-state index contributed by atoms with van der Waals surface area (Å²) >= 11 is 0. The molecule has 5 heteroatoms. The van der Waals surface area contributed by atoms with Crippen molar-refractivity contribution >= 4 is 11.9 Å². The van der Waals surface area contributed by atoms with E-state index in [2.05, 4.69) is 11.8 Å². The number of ether oxygens (including phenoxy) is 3. The number of hydrogen-bond donors (Lipinski definition) is 0. The average Bonchev–Trinajstić information content (AvgIpc) is 2.54. The molecular weight excluding hydrogens is 308 g/mol. The van der Waals surface area contributed by atoms with Gasteiger partial charge in [-0.15, -0.1) is 5.92 Å². The minimum absolute atomic E-state index is 0.0366. The van der Waals surface area contributed by atoms with Crippen LogP contribution < -0.4 is 9.47 Å². The average molecular weight is 332 g/mol. The summed E-state index contributed by atoms with van der Waals surface area (Å²) in [7, 11) is 0. The second-order valence-electron chi connectivity index (χ2n) is 5.37. The van der Waals surface area contributed by atoms with Gasteiger partial charge in [0.1, 0.15) is 0 Å². The number of benzene rings is 1. The number of esters is 2. The summed E-state index contributed by atoms with van der Waals surface area (Å²) in [6, 6.07) is 6.93. The second-order valence-corrected chi connectivity index (χ2v) is 5.37. The van der Waals surface area contributed by atoms with Gasteiger partial charge in [0.2, 0.25) is 0 Å². The van der Waals surface area contributed by atoms with E-state index >= 15 is 0 Å². The molecule has 0 amide bonds. The van der Waals surface area contributed by atoms with Crippen LogP contribution >= 0.6 is 0 Å². The van der Waals surface area contributed by atoms with Crippen LogP contribution in [0.15, 0.2) is 24.3 Å². The molecule has 0 N–H and O–H groups in total. The Morgan fingerprint density at radius 3 is 2.29 bits per heavy atom. The minimum Gasteiger partial charge on any atom is -0.487 e. The molecule has 0 aliphatic rings. The maximum absolute atomic E-state index is 11.9. The molecule has 1 unspecified atom stereocenters. The van der Waals surface area contributed by atoms with Crippen molar-refractivity contribution in [1.29, 1.82) is 0 Å². The van der Waals surface area contributed by atoms with Crippen molar-refractivity contribution in [2.24, 2.45) is 0 Å². The zero-order valence-corrected chi connectivity index (χ0v) is 14.6. The van der Waals surface area contributed by atoms with Gasteiger partial charge in [0, 0.05) is 0 Å². The van der Waals surface area contributed by atoms with Crippen LogP contribution in [0.4, 0.5) is 0 Å². The highest BCUT2D eigenvalue weighted by Crippen LogP contribution is 2.27. The molecule has 0 aliphatic heterocycles. The fourth-order valence-corrected chi connectivity index (χ4v) is 1.86. The first-order valence-corrected chi connectivity index (χ1v) is 8.04. The smallest absolute Gasteiger partial charge is 0.311 e. The molecule has 0 aliphatic carbocycles. The summed E-state index contributed by atoms with van der Waals surface area (Å²) in [6.45, 7) is 7.34. The Morgan fingerprint density at radius 2 is 1.71 bits per heavy atom. The zero-order valence-electron chi connectivity index (χ0n) is 14.6. The third-order valence-corrected chi connectivity index (χ3v) is 2.92. The molecule has 0 heterocycles. The van der Waals surface area contributed by atoms with Crippen molar-refractivity contribution in [1.82, 2.24) is 0 Å². The molecule has 130 valence electrons. The summed E-state index contributed by atoms with van der Waals surface area (Å²) in [5.74, 6) is 5.36. The van der Waals surface area contributed by atoms with Crippen molar-refractivity contribution in [3.8, 4) is 23.3 Å². The van der Waals surface area contributed by atoms with Crippen LogP contribution in [0.25, 0.3) is 0 Å². The summed E-state index contributed by atoms with van der Waals surface area (Å²) < 4.78 is 16.0. The summed E-state index contributed by atoms with van der Waals surface area (Å²) in [6.07, 6.45) is 0.0274. The number of carbonyl (C=O) groups is 2. The monoisotopic (exact) mass is 332 g/mol. The first-order chi connectivity index (χ1) is 11.5. The Balaban J connectivity index is 2.52. The van der Waals surface area contributed by atoms with Crippen LogP contribution in [-0.2, 0) is 14.3 Å². The topological polar surface area (TPSA) is 61.8 Å². The van der Waals surface area contributed by atoms with E-state index in [0.29, 0.717) is 17.9 Å². The molecular formula is C19H24O5. The van der Waals surface area contributed by atoms with E-state index < -0.39 is 18.0 Å². The van der Waals surface area contributed by atoms with Crippen LogP contribution in [0.5, 0.6) is 11.5 Å². The molecule has 0 saturated carbocycles. The van der Waals surface area contributed by atoms with E-state index in [1.807, 2.05) is 20.8 Å². The first-order valence-electron chi connectivity index (χ1n) is 8.04. The zero-order chi connectivity index (χ0) is 17.9. The summed E-state index contributed by atoms with van der Waals surface area (Å²) in [5.41, 5.74) is 0. The molecule has 1 atom stereocenters. The third kappa shape index (κ3) is 7.19. The van der Waals surface area contributed by atoms with Gasteiger partial charge in [-0.1, -0.05) is 25.0 Å². The SMILES string of the molecule is CC#CC(CC)OC(=O)CCC(=O)Oc1ccccc1OC(C)C. The highest BCUT2D eigenvalue weighted by Gasteiger charge is 2.15. The Bertz CT molecular complexity index is 610. The number of carbonyl (C=O) groups excluding carboxylic acids is 2. The maximum atomic E-state index is 11.9. The van der Waals surface area contributed by atoms with Gasteiger partial charge in [-0.2, -0.15) is 0 Å². The molecule has 0 aromatic heterocycles. The Kier molecular flexibility index (Phi) is 8.42. The van der Waals surface area contributed by atoms with Crippen molar-refractivity contribution in [3.63, 3.8) is 0 Å². The van der Waals surface area contributed by atoms with Crippen LogP contribution in [0.2, 0.25) is 0 Å². The largest absolute Gasteiger partial charge is 0.487 e. The van der Waals surface area contributed by atoms with Crippen molar-refractivity contribution in [3.05, 3.63) is 24.3 Å². The highest BCUT2D eigenvalue weighted by molar-refractivity contribution is 5.79. The lowest BCUT2D eigenvalue weighted by Gasteiger charge is -2.14. The maximum Gasteiger partial charge on any atom is 0.311 e. The van der Waals surface area contributed by atoms with E-state index in [0.717, 1.165) is 0 Å². The lowest BCUT2D eigenvalue weighted by atomic mass is 10.2. The molecule has 1 aromatic carbocycles. The van der Waals surface area contributed by atoms with E-state index in [4.69, 9.17) is 14.2 Å². The molecule has 1 rings (SSSR count). The van der Waals surface area contributed by atoms with Crippen LogP contribution in [0, 0.1) is 11.8 Å². The number of rotatable bonds is 8. The second kappa shape index (κ2) is 10.3. The third-order valence-electron chi connectivity index (χ3n) is 2.92. The molecule has 0 fully saturated rings. The van der Waals surface area contributed by atoms with E-state index in [-0.39, 0.29) is 18.9 Å². The first kappa shape index (κ1) is 19.6. The van der Waals surface area contributed by atoms with E-state index in [1.54, 1.807) is 31.2 Å². The molecule has 0 radical (unpaired) electrons. The lowest BCUT2D eigenvalue weighted by molar-refractivity contribution is -0.149. The van der Waals surface area contributed by atoms with E-state index in [9.17, 15) is 9.59 Å². The normalized spacial score (nSPS) is 11.2. The van der Waals surface area contributed by atoms with Gasteiger partial charge in [0.15, 0.2) is 17.6 Å². The standard InChI is InChI=1S/C19H24O5/c1-5-9-15(6-2)23-18(20)12-13-19(21)24-17-11-8-7-10-16(17)22-14(3)4/h7-8,10-11,14-15H,6,12-13H2,1-4H3. The Labute approximate surface area is 143 Å². The van der Waals surface area contributed by atoms with Gasteiger partial charge in [0.05, 0.1) is 18.9 Å². The fraction of sp³-hybridized carbons (Fsp3) is 0.474. The quantitative estimate of drug-likeness (QED) is 0.414. The number of para-hydroxylation sites is 2. The van der Waals surface area contributed by atoms with Gasteiger partial charge >= 0.3 is 11.9 Å². The Morgan fingerprint density at radius 1 is 1.08 bits per heavy atom. The van der Waals surface area contributed by atoms with Crippen LogP contribution in [0.3, 0.4) is 0 Å². The predicted molar refractivity (Wildman–Crippen MR) is 90.7 cm³/mol. The van der Waals surface area contributed by atoms with Gasteiger partial charge in [-0.25, -0.2) is 0 Å². The van der Waals surface area contributed by atoms with Crippen molar-refractivity contribution < 1.29 is 23.8 Å². The fourth-order valence-electron chi connectivity index (χ4n) is 1.86. The number of hydrogen-bond acceptors (Lipinski definition) is 5. The Hall–Kier alpha value is -2.48. The molecule has 0 spiro atoms.